The van der Waals surface area contributed by atoms with Crippen molar-refractivity contribution in [3.05, 3.63) is 35.4 Å². The van der Waals surface area contributed by atoms with Crippen molar-refractivity contribution in [2.45, 2.75) is 52.7 Å². The second-order valence-corrected chi connectivity index (χ2v) is 6.95. The first kappa shape index (κ1) is 23.2. The van der Waals surface area contributed by atoms with E-state index in [1.807, 2.05) is 7.05 Å². The zero-order valence-corrected chi connectivity index (χ0v) is 18.4. The van der Waals surface area contributed by atoms with Crippen molar-refractivity contribution in [3.8, 4) is 0 Å². The Labute approximate surface area is 165 Å². The average Bonchev–Trinajstić information content (AvgIpc) is 2.50. The van der Waals surface area contributed by atoms with Gasteiger partial charge in [-0.05, 0) is 50.9 Å². The number of nitrogens with one attached hydrogen (secondary N) is 2. The molecule has 4 nitrogen and oxygen atoms in total. The van der Waals surface area contributed by atoms with Gasteiger partial charge in [0.2, 0.25) is 0 Å². The molecule has 0 fully saturated rings. The van der Waals surface area contributed by atoms with Crippen molar-refractivity contribution in [1.29, 1.82) is 0 Å². The average molecular weight is 446 g/mol. The van der Waals surface area contributed by atoms with E-state index in [0.717, 1.165) is 31.4 Å². The number of guanidine groups is 1. The van der Waals surface area contributed by atoms with Gasteiger partial charge in [0.05, 0.1) is 0 Å². The van der Waals surface area contributed by atoms with E-state index in [1.165, 1.54) is 17.5 Å². The molecule has 138 valence electrons. The fourth-order valence-corrected chi connectivity index (χ4v) is 2.49. The van der Waals surface area contributed by atoms with E-state index in [0.29, 0.717) is 6.04 Å². The predicted octanol–water partition coefficient (Wildman–Crippen LogP) is 3.86. The summed E-state index contributed by atoms with van der Waals surface area (Å²) in [5, 5.41) is 6.92. The van der Waals surface area contributed by atoms with E-state index in [-0.39, 0.29) is 24.0 Å². The number of rotatable bonds is 8. The highest BCUT2D eigenvalue weighted by Gasteiger charge is 2.08. The Morgan fingerprint density at radius 1 is 1.08 bits per heavy atom. The highest BCUT2D eigenvalue weighted by Crippen LogP contribution is 2.10. The fraction of sp³-hybridized carbons (Fsp3) is 0.632. The van der Waals surface area contributed by atoms with Gasteiger partial charge in [0, 0.05) is 26.2 Å². The standard InChI is InChI=1S/C19H34N4.HI/c1-15(2)11-12-16(3)22-19(20-4)21-13-17-9-7-8-10-18(17)14-23(5)6;/h7-10,15-16H,11-14H2,1-6H3,(H2,20,21,22);1H. The maximum atomic E-state index is 4.34. The van der Waals surface area contributed by atoms with Gasteiger partial charge in [0.25, 0.3) is 0 Å². The highest BCUT2D eigenvalue weighted by atomic mass is 127. The number of nitrogens with zero attached hydrogens (tertiary/aromatic N) is 2. The number of halogens is 1. The second-order valence-electron chi connectivity index (χ2n) is 6.95. The lowest BCUT2D eigenvalue weighted by molar-refractivity contribution is 0.400. The molecule has 1 unspecified atom stereocenters. The van der Waals surface area contributed by atoms with Crippen LogP contribution in [0, 0.1) is 5.92 Å². The van der Waals surface area contributed by atoms with E-state index >= 15 is 0 Å². The number of aliphatic imine (C=N–C) groups is 1. The first-order valence-electron chi connectivity index (χ1n) is 8.61. The summed E-state index contributed by atoms with van der Waals surface area (Å²) in [6, 6.07) is 9.00. The first-order chi connectivity index (χ1) is 10.9. The molecule has 0 bridgehead atoms. The van der Waals surface area contributed by atoms with Crippen LogP contribution in [0.25, 0.3) is 0 Å². The molecule has 2 N–H and O–H groups in total. The van der Waals surface area contributed by atoms with Crippen LogP contribution >= 0.6 is 24.0 Å². The minimum absolute atomic E-state index is 0. The Hall–Kier alpha value is -0.820. The van der Waals surface area contributed by atoms with Crippen molar-refractivity contribution in [2.24, 2.45) is 10.9 Å². The molecule has 0 aliphatic carbocycles. The molecule has 1 atom stereocenters. The lowest BCUT2D eigenvalue weighted by Crippen LogP contribution is -2.42. The van der Waals surface area contributed by atoms with E-state index in [4.69, 9.17) is 0 Å². The van der Waals surface area contributed by atoms with Crippen molar-refractivity contribution >= 4 is 29.9 Å². The summed E-state index contributed by atoms with van der Waals surface area (Å²) in [7, 11) is 6.03. The van der Waals surface area contributed by atoms with Gasteiger partial charge in [-0.25, -0.2) is 0 Å². The fourth-order valence-electron chi connectivity index (χ4n) is 2.49. The molecule has 1 aromatic rings. The van der Waals surface area contributed by atoms with Crippen LogP contribution in [0.1, 0.15) is 44.7 Å². The summed E-state index contributed by atoms with van der Waals surface area (Å²) >= 11 is 0. The Kier molecular flexibility index (Phi) is 12.1. The molecule has 0 saturated heterocycles. The Morgan fingerprint density at radius 3 is 2.25 bits per heavy atom. The quantitative estimate of drug-likeness (QED) is 0.362. The summed E-state index contributed by atoms with van der Waals surface area (Å²) < 4.78 is 0. The van der Waals surface area contributed by atoms with Crippen LogP contribution in [0.15, 0.2) is 29.3 Å². The SMILES string of the molecule is CN=C(NCc1ccccc1CN(C)C)NC(C)CCC(C)C.I. The van der Waals surface area contributed by atoms with Crippen molar-refractivity contribution < 1.29 is 0 Å². The molecule has 5 heteroatoms. The van der Waals surface area contributed by atoms with Crippen LogP contribution in [0.3, 0.4) is 0 Å². The van der Waals surface area contributed by atoms with Gasteiger partial charge in [0.1, 0.15) is 0 Å². The third kappa shape index (κ3) is 9.47. The topological polar surface area (TPSA) is 39.7 Å². The van der Waals surface area contributed by atoms with Crippen LogP contribution in [-0.4, -0.2) is 38.0 Å². The van der Waals surface area contributed by atoms with Gasteiger partial charge in [-0.1, -0.05) is 38.1 Å². The van der Waals surface area contributed by atoms with Crippen molar-refractivity contribution in [1.82, 2.24) is 15.5 Å². The van der Waals surface area contributed by atoms with Crippen LogP contribution in [0.5, 0.6) is 0 Å². The molecule has 1 aromatic carbocycles. The third-order valence-corrected chi connectivity index (χ3v) is 3.83. The van der Waals surface area contributed by atoms with Crippen molar-refractivity contribution in [2.75, 3.05) is 21.1 Å². The van der Waals surface area contributed by atoms with Crippen LogP contribution in [-0.2, 0) is 13.1 Å². The van der Waals surface area contributed by atoms with Gasteiger partial charge in [-0.2, -0.15) is 0 Å². The Balaban J connectivity index is 0.00000529. The number of benzene rings is 1. The lowest BCUT2D eigenvalue weighted by atomic mass is 10.0. The lowest BCUT2D eigenvalue weighted by Gasteiger charge is -2.20. The van der Waals surface area contributed by atoms with Crippen LogP contribution in [0.4, 0.5) is 0 Å². The van der Waals surface area contributed by atoms with Gasteiger partial charge < -0.3 is 15.5 Å². The number of hydrogen-bond donors (Lipinski definition) is 2. The number of hydrogen-bond acceptors (Lipinski definition) is 2. The van der Waals surface area contributed by atoms with Gasteiger partial charge in [0.15, 0.2) is 5.96 Å². The second kappa shape index (κ2) is 12.5. The van der Waals surface area contributed by atoms with E-state index in [1.54, 1.807) is 0 Å². The zero-order valence-electron chi connectivity index (χ0n) is 16.1. The van der Waals surface area contributed by atoms with E-state index in [2.05, 4.69) is 79.7 Å². The van der Waals surface area contributed by atoms with Crippen molar-refractivity contribution in [3.63, 3.8) is 0 Å². The summed E-state index contributed by atoms with van der Waals surface area (Å²) in [5.74, 6) is 1.62. The molecular formula is C19H35IN4. The van der Waals surface area contributed by atoms with Gasteiger partial charge >= 0.3 is 0 Å². The molecule has 0 amide bonds. The smallest absolute Gasteiger partial charge is 0.191 e. The molecular weight excluding hydrogens is 411 g/mol. The highest BCUT2D eigenvalue weighted by molar-refractivity contribution is 14.0. The minimum Gasteiger partial charge on any atom is -0.354 e. The normalized spacial score (nSPS) is 12.9. The maximum absolute atomic E-state index is 4.34. The molecule has 1 rings (SSSR count). The summed E-state index contributed by atoms with van der Waals surface area (Å²) in [4.78, 5) is 6.54. The zero-order chi connectivity index (χ0) is 17.2. The summed E-state index contributed by atoms with van der Waals surface area (Å²) in [6.07, 6.45) is 2.40. The molecule has 0 radical (unpaired) electrons. The Morgan fingerprint density at radius 2 is 1.71 bits per heavy atom. The van der Waals surface area contributed by atoms with E-state index < -0.39 is 0 Å². The molecule has 0 saturated carbocycles. The molecule has 24 heavy (non-hydrogen) atoms. The van der Waals surface area contributed by atoms with Gasteiger partial charge in [-0.15, -0.1) is 24.0 Å². The van der Waals surface area contributed by atoms with Crippen LogP contribution < -0.4 is 10.6 Å². The van der Waals surface area contributed by atoms with E-state index in [9.17, 15) is 0 Å². The van der Waals surface area contributed by atoms with Gasteiger partial charge in [-0.3, -0.25) is 4.99 Å². The first-order valence-corrected chi connectivity index (χ1v) is 8.61. The molecule has 0 spiro atoms. The molecule has 0 aromatic heterocycles. The van der Waals surface area contributed by atoms with Crippen LogP contribution in [0.2, 0.25) is 0 Å². The molecule has 0 heterocycles. The third-order valence-electron chi connectivity index (χ3n) is 3.83. The largest absolute Gasteiger partial charge is 0.354 e. The molecule has 0 aliphatic heterocycles. The minimum atomic E-state index is 0. The Bertz CT molecular complexity index is 486. The predicted molar refractivity (Wildman–Crippen MR) is 116 cm³/mol. The maximum Gasteiger partial charge on any atom is 0.191 e. The summed E-state index contributed by atoms with van der Waals surface area (Å²) in [6.45, 7) is 8.49. The summed E-state index contributed by atoms with van der Waals surface area (Å²) in [5.41, 5.74) is 2.67. The molecule has 0 aliphatic rings. The monoisotopic (exact) mass is 446 g/mol.